The first-order valence-corrected chi connectivity index (χ1v) is 5.60. The van der Waals surface area contributed by atoms with Crippen LogP contribution in [0.4, 0.5) is 0 Å². The van der Waals surface area contributed by atoms with Crippen LogP contribution in [0.1, 0.15) is 38.5 Å². The molecule has 2 aliphatic rings. The molecule has 70 valence electrons. The molecule has 0 spiro atoms. The molecule has 0 aromatic carbocycles. The molecule has 0 unspecified atom stereocenters. The standard InChI is InChI=1S/C8H14O3S/c9-12(10-7-3-1-4-7)11-8-5-2-6-8/h7-8H,1-6H2. The molecule has 2 aliphatic carbocycles. The van der Waals surface area contributed by atoms with Gasteiger partial charge in [-0.15, -0.1) is 0 Å². The van der Waals surface area contributed by atoms with E-state index in [1.165, 1.54) is 12.8 Å². The minimum Gasteiger partial charge on any atom is -0.265 e. The maximum atomic E-state index is 11.1. The van der Waals surface area contributed by atoms with Crippen molar-refractivity contribution < 1.29 is 12.6 Å². The van der Waals surface area contributed by atoms with E-state index in [4.69, 9.17) is 8.37 Å². The Balaban J connectivity index is 1.62. The number of rotatable bonds is 4. The van der Waals surface area contributed by atoms with Crippen molar-refractivity contribution >= 4 is 11.4 Å². The van der Waals surface area contributed by atoms with Crippen LogP contribution in [0.15, 0.2) is 0 Å². The van der Waals surface area contributed by atoms with E-state index in [9.17, 15) is 4.21 Å². The highest BCUT2D eigenvalue weighted by Gasteiger charge is 2.25. The average molecular weight is 190 g/mol. The topological polar surface area (TPSA) is 35.5 Å². The van der Waals surface area contributed by atoms with Crippen LogP contribution in [0.5, 0.6) is 0 Å². The predicted molar refractivity (Wildman–Crippen MR) is 45.6 cm³/mol. The van der Waals surface area contributed by atoms with E-state index < -0.39 is 11.4 Å². The normalized spacial score (nSPS) is 25.4. The van der Waals surface area contributed by atoms with Crippen LogP contribution in [0.25, 0.3) is 0 Å². The highest BCUT2D eigenvalue weighted by Crippen LogP contribution is 2.26. The molecule has 0 atom stereocenters. The predicted octanol–water partition coefficient (Wildman–Crippen LogP) is 1.70. The van der Waals surface area contributed by atoms with Crippen molar-refractivity contribution in [1.82, 2.24) is 0 Å². The van der Waals surface area contributed by atoms with Crippen molar-refractivity contribution in [2.75, 3.05) is 0 Å². The lowest BCUT2D eigenvalue weighted by Crippen LogP contribution is -2.28. The molecular formula is C8H14O3S. The first-order chi connectivity index (χ1) is 5.84. The van der Waals surface area contributed by atoms with Crippen molar-refractivity contribution in [3.8, 4) is 0 Å². The molecule has 2 rings (SSSR count). The van der Waals surface area contributed by atoms with E-state index in [1.807, 2.05) is 0 Å². The third kappa shape index (κ3) is 2.06. The van der Waals surface area contributed by atoms with Crippen molar-refractivity contribution in [3.63, 3.8) is 0 Å². The zero-order chi connectivity index (χ0) is 8.39. The summed E-state index contributed by atoms with van der Waals surface area (Å²) in [5.74, 6) is 0. The summed E-state index contributed by atoms with van der Waals surface area (Å²) in [5, 5.41) is 0. The second-order valence-electron chi connectivity index (χ2n) is 3.50. The first-order valence-electron chi connectivity index (χ1n) is 4.60. The van der Waals surface area contributed by atoms with Gasteiger partial charge in [-0.1, -0.05) is 0 Å². The molecule has 0 N–H and O–H groups in total. The van der Waals surface area contributed by atoms with E-state index in [0.717, 1.165) is 25.7 Å². The summed E-state index contributed by atoms with van der Waals surface area (Å²) in [4.78, 5) is 0. The van der Waals surface area contributed by atoms with Crippen molar-refractivity contribution in [3.05, 3.63) is 0 Å². The summed E-state index contributed by atoms with van der Waals surface area (Å²) >= 11 is -1.48. The van der Waals surface area contributed by atoms with Crippen LogP contribution in [0, 0.1) is 0 Å². The molecule has 12 heavy (non-hydrogen) atoms. The van der Waals surface area contributed by atoms with E-state index in [0.29, 0.717) is 0 Å². The Morgan fingerprint density at radius 1 is 0.917 bits per heavy atom. The second kappa shape index (κ2) is 3.85. The number of hydrogen-bond acceptors (Lipinski definition) is 3. The average Bonchev–Trinajstić information content (AvgIpc) is 1.89. The van der Waals surface area contributed by atoms with Crippen LogP contribution in [0.3, 0.4) is 0 Å². The molecule has 0 radical (unpaired) electrons. The van der Waals surface area contributed by atoms with Crippen molar-refractivity contribution in [1.29, 1.82) is 0 Å². The molecule has 3 nitrogen and oxygen atoms in total. The molecule has 0 aromatic rings. The minimum atomic E-state index is -1.48. The molecule has 2 fully saturated rings. The lowest BCUT2D eigenvalue weighted by Gasteiger charge is -2.27. The van der Waals surface area contributed by atoms with Gasteiger partial charge in [0, 0.05) is 0 Å². The van der Waals surface area contributed by atoms with Gasteiger partial charge >= 0.3 is 11.4 Å². The van der Waals surface area contributed by atoms with Gasteiger partial charge in [0.25, 0.3) is 0 Å². The minimum absolute atomic E-state index is 0.200. The van der Waals surface area contributed by atoms with E-state index in [-0.39, 0.29) is 12.2 Å². The van der Waals surface area contributed by atoms with Gasteiger partial charge in [-0.2, -0.15) is 4.21 Å². The van der Waals surface area contributed by atoms with Crippen LogP contribution in [-0.2, 0) is 19.7 Å². The van der Waals surface area contributed by atoms with Crippen LogP contribution in [-0.4, -0.2) is 16.4 Å². The second-order valence-corrected chi connectivity index (χ2v) is 4.30. The maximum Gasteiger partial charge on any atom is 0.305 e. The monoisotopic (exact) mass is 190 g/mol. The molecule has 0 saturated heterocycles. The van der Waals surface area contributed by atoms with Crippen LogP contribution < -0.4 is 0 Å². The first kappa shape index (κ1) is 8.66. The lowest BCUT2D eigenvalue weighted by molar-refractivity contribution is 0.0748. The number of hydrogen-bond donors (Lipinski definition) is 0. The van der Waals surface area contributed by atoms with Gasteiger partial charge in [0.15, 0.2) is 0 Å². The van der Waals surface area contributed by atoms with Gasteiger partial charge in [-0.25, -0.2) is 0 Å². The van der Waals surface area contributed by atoms with Gasteiger partial charge in [0.2, 0.25) is 0 Å². The van der Waals surface area contributed by atoms with Crippen molar-refractivity contribution in [2.45, 2.75) is 50.7 Å². The Labute approximate surface area is 75.3 Å². The Kier molecular flexibility index (Phi) is 2.78. The van der Waals surface area contributed by atoms with Gasteiger partial charge in [-0.05, 0) is 38.5 Å². The molecule has 0 aromatic heterocycles. The largest absolute Gasteiger partial charge is 0.305 e. The summed E-state index contributed by atoms with van der Waals surface area (Å²) < 4.78 is 21.4. The Bertz CT molecular complexity index is 157. The third-order valence-corrected chi connectivity index (χ3v) is 3.39. The summed E-state index contributed by atoms with van der Waals surface area (Å²) in [6, 6.07) is 0. The molecule has 2 saturated carbocycles. The summed E-state index contributed by atoms with van der Waals surface area (Å²) in [7, 11) is 0. The Morgan fingerprint density at radius 3 is 1.58 bits per heavy atom. The zero-order valence-corrected chi connectivity index (χ0v) is 7.85. The molecule has 0 heterocycles. The Hall–Kier alpha value is 0.0700. The van der Waals surface area contributed by atoms with Crippen LogP contribution in [0.2, 0.25) is 0 Å². The van der Waals surface area contributed by atoms with Crippen molar-refractivity contribution in [2.24, 2.45) is 0 Å². The van der Waals surface area contributed by atoms with E-state index in [2.05, 4.69) is 0 Å². The molecule has 0 aliphatic heterocycles. The molecule has 0 amide bonds. The van der Waals surface area contributed by atoms with Gasteiger partial charge < -0.3 is 0 Å². The Morgan fingerprint density at radius 2 is 1.33 bits per heavy atom. The zero-order valence-electron chi connectivity index (χ0n) is 7.03. The van der Waals surface area contributed by atoms with Gasteiger partial charge in [0.05, 0.1) is 12.2 Å². The highest BCUT2D eigenvalue weighted by molar-refractivity contribution is 7.75. The third-order valence-electron chi connectivity index (χ3n) is 2.53. The van der Waals surface area contributed by atoms with Crippen LogP contribution >= 0.6 is 0 Å². The summed E-state index contributed by atoms with van der Waals surface area (Å²) in [5.41, 5.74) is 0. The van der Waals surface area contributed by atoms with E-state index in [1.54, 1.807) is 0 Å². The molecule has 0 bridgehead atoms. The fourth-order valence-electron chi connectivity index (χ4n) is 1.18. The van der Waals surface area contributed by atoms with Gasteiger partial charge in [0.1, 0.15) is 0 Å². The fraction of sp³-hybridized carbons (Fsp3) is 1.00. The molecule has 4 heteroatoms. The SMILES string of the molecule is O=S(OC1CCC1)OC1CCC1. The highest BCUT2D eigenvalue weighted by atomic mass is 32.2. The molecular weight excluding hydrogens is 176 g/mol. The fourth-order valence-corrected chi connectivity index (χ4v) is 2.05. The smallest absolute Gasteiger partial charge is 0.265 e. The lowest BCUT2D eigenvalue weighted by atomic mass is 9.97. The maximum absolute atomic E-state index is 11.1. The summed E-state index contributed by atoms with van der Waals surface area (Å²) in [6.45, 7) is 0. The van der Waals surface area contributed by atoms with Gasteiger partial charge in [-0.3, -0.25) is 8.37 Å². The van der Waals surface area contributed by atoms with E-state index >= 15 is 0 Å². The summed E-state index contributed by atoms with van der Waals surface area (Å²) in [6.07, 6.45) is 6.96. The quantitative estimate of drug-likeness (QED) is 0.677.